The molecule has 0 amide bonds. The molecule has 0 aliphatic carbocycles. The minimum atomic E-state index is -0.760. The first-order chi connectivity index (χ1) is 18.4. The van der Waals surface area contributed by atoms with Crippen LogP contribution in [-0.2, 0) is 16.1 Å². The van der Waals surface area contributed by atoms with Gasteiger partial charge in [0.1, 0.15) is 12.4 Å². The van der Waals surface area contributed by atoms with E-state index in [2.05, 4.69) is 4.99 Å². The van der Waals surface area contributed by atoms with Gasteiger partial charge in [-0.3, -0.25) is 9.36 Å². The van der Waals surface area contributed by atoms with Crippen molar-refractivity contribution in [2.75, 3.05) is 6.26 Å². The second-order valence-corrected chi connectivity index (χ2v) is 10.8. The van der Waals surface area contributed by atoms with Gasteiger partial charge in [-0.05, 0) is 54.6 Å². The molecule has 1 aliphatic rings. The molecule has 0 fully saturated rings. The molecule has 9 heteroatoms. The quantitative estimate of drug-likeness (QED) is 0.229. The van der Waals surface area contributed by atoms with E-state index in [1.54, 1.807) is 24.8 Å². The number of thioether (sulfide) groups is 1. The summed E-state index contributed by atoms with van der Waals surface area (Å²) < 4.78 is 21.9. The van der Waals surface area contributed by atoms with Crippen LogP contribution in [0.1, 0.15) is 29.7 Å². The Balaban J connectivity index is 1.64. The zero-order valence-electron chi connectivity index (χ0n) is 20.5. The van der Waals surface area contributed by atoms with Crippen LogP contribution < -0.4 is 14.9 Å². The summed E-state index contributed by atoms with van der Waals surface area (Å²) in [5.41, 5.74) is 2.05. The van der Waals surface area contributed by atoms with E-state index in [9.17, 15) is 14.0 Å². The SMILES string of the molecule is CSc1ccc(C2C(C(=O)OCc3ccccc3)=C(C)N=c3sc(=Cc4c(F)cccc4Cl)c(=O)n32)cc1. The third-order valence-corrected chi connectivity index (χ3v) is 8.22. The zero-order chi connectivity index (χ0) is 26.8. The summed E-state index contributed by atoms with van der Waals surface area (Å²) in [5.74, 6) is -1.09. The summed E-state index contributed by atoms with van der Waals surface area (Å²) in [6.45, 7) is 1.82. The summed E-state index contributed by atoms with van der Waals surface area (Å²) in [6, 6.07) is 20.6. The van der Waals surface area contributed by atoms with E-state index < -0.39 is 23.4 Å². The Morgan fingerprint density at radius 2 is 1.87 bits per heavy atom. The lowest BCUT2D eigenvalue weighted by atomic mass is 9.96. The van der Waals surface area contributed by atoms with Gasteiger partial charge in [0, 0.05) is 10.5 Å². The van der Waals surface area contributed by atoms with E-state index in [0.717, 1.165) is 27.4 Å². The van der Waals surface area contributed by atoms with E-state index in [1.165, 1.54) is 22.8 Å². The average Bonchev–Trinajstić information content (AvgIpc) is 3.23. The lowest BCUT2D eigenvalue weighted by molar-refractivity contribution is -0.140. The highest BCUT2D eigenvalue weighted by Gasteiger charge is 2.33. The molecule has 38 heavy (non-hydrogen) atoms. The highest BCUT2D eigenvalue weighted by atomic mass is 35.5. The van der Waals surface area contributed by atoms with Crippen molar-refractivity contribution in [3.8, 4) is 0 Å². The minimum Gasteiger partial charge on any atom is -0.457 e. The van der Waals surface area contributed by atoms with Crippen molar-refractivity contribution in [2.45, 2.75) is 24.5 Å². The van der Waals surface area contributed by atoms with Crippen LogP contribution in [0.4, 0.5) is 4.39 Å². The first kappa shape index (κ1) is 26.2. The molecule has 0 radical (unpaired) electrons. The van der Waals surface area contributed by atoms with Crippen LogP contribution in [0.5, 0.6) is 0 Å². The van der Waals surface area contributed by atoms with E-state index >= 15 is 0 Å². The number of halogens is 2. The molecule has 192 valence electrons. The lowest BCUT2D eigenvalue weighted by Gasteiger charge is -2.25. The fourth-order valence-corrected chi connectivity index (χ4v) is 5.92. The van der Waals surface area contributed by atoms with Crippen LogP contribution in [0.3, 0.4) is 0 Å². The Kier molecular flexibility index (Phi) is 7.65. The molecule has 0 saturated heterocycles. The molecule has 5 rings (SSSR count). The second kappa shape index (κ2) is 11.1. The third-order valence-electron chi connectivity index (χ3n) is 6.16. The fourth-order valence-electron chi connectivity index (χ4n) is 4.26. The highest BCUT2D eigenvalue weighted by Crippen LogP contribution is 2.32. The number of carbonyl (C=O) groups is 1. The van der Waals surface area contributed by atoms with E-state index in [1.807, 2.05) is 60.9 Å². The summed E-state index contributed by atoms with van der Waals surface area (Å²) in [6.07, 6.45) is 3.41. The normalized spacial score (nSPS) is 15.3. The minimum absolute atomic E-state index is 0.0881. The van der Waals surface area contributed by atoms with Crippen LogP contribution in [0, 0.1) is 5.82 Å². The zero-order valence-corrected chi connectivity index (χ0v) is 22.9. The Morgan fingerprint density at radius 1 is 1.13 bits per heavy atom. The maximum atomic E-state index is 14.5. The number of rotatable bonds is 6. The number of nitrogens with zero attached hydrogens (tertiary/aromatic N) is 2. The van der Waals surface area contributed by atoms with Crippen LogP contribution in [0.2, 0.25) is 5.02 Å². The van der Waals surface area contributed by atoms with Crippen LogP contribution >= 0.6 is 34.7 Å². The number of hydrogen-bond acceptors (Lipinski definition) is 6. The number of thiazole rings is 1. The third kappa shape index (κ3) is 5.12. The van der Waals surface area contributed by atoms with Gasteiger partial charge in [0.25, 0.3) is 5.56 Å². The predicted molar refractivity (Wildman–Crippen MR) is 150 cm³/mol. The summed E-state index contributed by atoms with van der Waals surface area (Å²) in [7, 11) is 0. The Labute approximate surface area is 231 Å². The number of hydrogen-bond donors (Lipinski definition) is 0. The number of esters is 1. The molecule has 5 nitrogen and oxygen atoms in total. The van der Waals surface area contributed by atoms with Gasteiger partial charge in [-0.25, -0.2) is 14.2 Å². The Morgan fingerprint density at radius 3 is 2.55 bits per heavy atom. The number of ether oxygens (including phenoxy) is 1. The molecule has 0 N–H and O–H groups in total. The molecule has 0 bridgehead atoms. The monoisotopic (exact) mass is 564 g/mol. The van der Waals surface area contributed by atoms with Gasteiger partial charge in [0.15, 0.2) is 4.80 Å². The number of benzene rings is 3. The van der Waals surface area contributed by atoms with Gasteiger partial charge >= 0.3 is 5.97 Å². The van der Waals surface area contributed by atoms with Gasteiger partial charge in [0.2, 0.25) is 0 Å². The molecule has 3 aromatic carbocycles. The van der Waals surface area contributed by atoms with Crippen LogP contribution in [0.25, 0.3) is 6.08 Å². The van der Waals surface area contributed by atoms with Crippen molar-refractivity contribution in [3.05, 3.63) is 131 Å². The van der Waals surface area contributed by atoms with Crippen molar-refractivity contribution in [1.82, 2.24) is 4.57 Å². The van der Waals surface area contributed by atoms with Gasteiger partial charge in [-0.2, -0.15) is 0 Å². The number of allylic oxidation sites excluding steroid dienone is 1. The van der Waals surface area contributed by atoms with E-state index in [4.69, 9.17) is 16.3 Å². The number of aromatic nitrogens is 1. The van der Waals surface area contributed by atoms with E-state index in [0.29, 0.717) is 10.5 Å². The van der Waals surface area contributed by atoms with Crippen LogP contribution in [0.15, 0.2) is 98.7 Å². The van der Waals surface area contributed by atoms with Crippen molar-refractivity contribution in [2.24, 2.45) is 4.99 Å². The molecule has 1 aliphatic heterocycles. The average molecular weight is 565 g/mol. The fraction of sp³-hybridized carbons (Fsp3) is 0.138. The molecular weight excluding hydrogens is 543 g/mol. The molecule has 1 atom stereocenters. The second-order valence-electron chi connectivity index (χ2n) is 8.55. The standard InChI is InChI=1S/C29H22ClFN2O3S2/c1-17-25(28(35)36-16-18-7-4-3-5-8-18)26(19-11-13-20(37-2)14-12-19)33-27(34)24(38-29(33)32-17)15-21-22(30)9-6-10-23(21)31/h3-15,26H,16H2,1-2H3. The summed E-state index contributed by atoms with van der Waals surface area (Å²) in [4.78, 5) is 33.2. The highest BCUT2D eigenvalue weighted by molar-refractivity contribution is 7.98. The maximum absolute atomic E-state index is 14.5. The lowest BCUT2D eigenvalue weighted by Crippen LogP contribution is -2.39. The van der Waals surface area contributed by atoms with Gasteiger partial charge in [-0.15, -0.1) is 11.8 Å². The van der Waals surface area contributed by atoms with Crippen molar-refractivity contribution < 1.29 is 13.9 Å². The molecule has 4 aromatic rings. The number of fused-ring (bicyclic) bond motifs is 1. The molecule has 0 spiro atoms. The smallest absolute Gasteiger partial charge is 0.338 e. The molecule has 1 unspecified atom stereocenters. The summed E-state index contributed by atoms with van der Waals surface area (Å²) in [5, 5.41) is 0.196. The number of carbonyl (C=O) groups excluding carboxylic acids is 1. The maximum Gasteiger partial charge on any atom is 0.338 e. The summed E-state index contributed by atoms with van der Waals surface area (Å²) >= 11 is 8.93. The van der Waals surface area contributed by atoms with Gasteiger partial charge < -0.3 is 4.74 Å². The van der Waals surface area contributed by atoms with Crippen LogP contribution in [-0.4, -0.2) is 16.8 Å². The Bertz CT molecular complexity index is 1710. The molecular formula is C29H22ClFN2O3S2. The Hall–Kier alpha value is -3.46. The van der Waals surface area contributed by atoms with Crippen molar-refractivity contribution >= 4 is 46.7 Å². The first-order valence-corrected chi connectivity index (χ1v) is 14.1. The topological polar surface area (TPSA) is 60.7 Å². The molecule has 0 saturated carbocycles. The van der Waals surface area contributed by atoms with E-state index in [-0.39, 0.29) is 27.3 Å². The molecule has 2 heterocycles. The molecule has 1 aromatic heterocycles. The largest absolute Gasteiger partial charge is 0.457 e. The van der Waals surface area contributed by atoms with Gasteiger partial charge in [0.05, 0.1) is 26.9 Å². The van der Waals surface area contributed by atoms with Gasteiger partial charge in [-0.1, -0.05) is 71.5 Å². The first-order valence-electron chi connectivity index (χ1n) is 11.7. The van der Waals surface area contributed by atoms with Crippen molar-refractivity contribution in [3.63, 3.8) is 0 Å². The predicted octanol–water partition coefficient (Wildman–Crippen LogP) is 5.49. The van der Waals surface area contributed by atoms with Crippen molar-refractivity contribution in [1.29, 1.82) is 0 Å².